The highest BCUT2D eigenvalue weighted by molar-refractivity contribution is 5.74. The van der Waals surface area contributed by atoms with Gasteiger partial charge in [-0.3, -0.25) is 4.90 Å². The third-order valence-electron chi connectivity index (χ3n) is 6.39. The summed E-state index contributed by atoms with van der Waals surface area (Å²) >= 11 is 0. The molecule has 0 radical (unpaired) electrons. The molecule has 1 unspecified atom stereocenters. The molecule has 0 aromatic heterocycles. The zero-order valence-electron chi connectivity index (χ0n) is 17.3. The molecule has 3 rings (SSSR count). The molecule has 2 aliphatic rings. The number of anilines is 1. The standard InChI is InChI=1S/C22H33N3O3/c1-4-28-21(27)24-17-9-12-25(14-17)18-7-10-22(15-26,11-8-18)19-13-16(2)5-6-20(19)23-3/h5-6,13,15,17-18,23H,4,7-12,14H2,1-3H3,(H,24,27). The number of aldehydes is 1. The smallest absolute Gasteiger partial charge is 0.407 e. The first-order chi connectivity index (χ1) is 13.5. The van der Waals surface area contributed by atoms with Gasteiger partial charge in [-0.25, -0.2) is 4.79 Å². The van der Waals surface area contributed by atoms with Gasteiger partial charge in [-0.15, -0.1) is 0 Å². The summed E-state index contributed by atoms with van der Waals surface area (Å²) in [5, 5.41) is 6.21. The number of rotatable bonds is 6. The number of hydrogen-bond donors (Lipinski definition) is 2. The minimum Gasteiger partial charge on any atom is -0.450 e. The summed E-state index contributed by atoms with van der Waals surface area (Å²) in [5.74, 6) is 0. The minimum absolute atomic E-state index is 0.157. The van der Waals surface area contributed by atoms with E-state index < -0.39 is 5.41 Å². The van der Waals surface area contributed by atoms with Crippen LogP contribution in [0.15, 0.2) is 18.2 Å². The Bertz CT molecular complexity index is 698. The maximum atomic E-state index is 12.2. The molecule has 1 aliphatic carbocycles. The van der Waals surface area contributed by atoms with Crippen molar-refractivity contribution in [3.05, 3.63) is 29.3 Å². The topological polar surface area (TPSA) is 70.7 Å². The van der Waals surface area contributed by atoms with Gasteiger partial charge in [-0.2, -0.15) is 0 Å². The Hall–Kier alpha value is -2.08. The number of aryl methyl sites for hydroxylation is 1. The maximum Gasteiger partial charge on any atom is 0.407 e. The zero-order valence-corrected chi connectivity index (χ0v) is 17.3. The van der Waals surface area contributed by atoms with E-state index in [1.54, 1.807) is 0 Å². The number of benzene rings is 1. The molecule has 1 atom stereocenters. The Labute approximate surface area is 168 Å². The first kappa shape index (κ1) is 20.6. The molecule has 2 fully saturated rings. The van der Waals surface area contributed by atoms with Gasteiger partial charge in [-0.1, -0.05) is 17.7 Å². The molecule has 6 nitrogen and oxygen atoms in total. The molecule has 1 heterocycles. The molecule has 28 heavy (non-hydrogen) atoms. The van der Waals surface area contributed by atoms with Gasteiger partial charge in [-0.05, 0) is 57.6 Å². The second kappa shape index (κ2) is 8.95. The first-order valence-corrected chi connectivity index (χ1v) is 10.4. The molecular formula is C22H33N3O3. The van der Waals surface area contributed by atoms with Crippen molar-refractivity contribution in [2.75, 3.05) is 32.1 Å². The highest BCUT2D eigenvalue weighted by Gasteiger charge is 2.41. The normalized spacial score (nSPS) is 28.0. The van der Waals surface area contributed by atoms with E-state index in [2.05, 4.69) is 40.7 Å². The Morgan fingerprint density at radius 2 is 2.07 bits per heavy atom. The summed E-state index contributed by atoms with van der Waals surface area (Å²) in [5.41, 5.74) is 2.97. The van der Waals surface area contributed by atoms with Crippen LogP contribution in [-0.2, 0) is 14.9 Å². The van der Waals surface area contributed by atoms with E-state index in [0.717, 1.165) is 56.4 Å². The van der Waals surface area contributed by atoms with E-state index in [-0.39, 0.29) is 12.1 Å². The third kappa shape index (κ3) is 4.32. The van der Waals surface area contributed by atoms with Gasteiger partial charge < -0.3 is 20.2 Å². The SMILES string of the molecule is CCOC(=O)NC1CCN(C2CCC(C=O)(c3cc(C)ccc3NC)CC2)C1. The van der Waals surface area contributed by atoms with E-state index in [4.69, 9.17) is 4.74 Å². The van der Waals surface area contributed by atoms with Crippen LogP contribution in [0.25, 0.3) is 0 Å². The van der Waals surface area contributed by atoms with Crippen molar-refractivity contribution >= 4 is 18.1 Å². The van der Waals surface area contributed by atoms with Crippen molar-refractivity contribution in [3.63, 3.8) is 0 Å². The highest BCUT2D eigenvalue weighted by atomic mass is 16.5. The quantitative estimate of drug-likeness (QED) is 0.734. The number of likely N-dealkylation sites (tertiary alicyclic amines) is 1. The second-order valence-electron chi connectivity index (χ2n) is 8.15. The van der Waals surface area contributed by atoms with Gasteiger partial charge in [0.25, 0.3) is 0 Å². The van der Waals surface area contributed by atoms with Crippen molar-refractivity contribution in [3.8, 4) is 0 Å². The lowest BCUT2D eigenvalue weighted by Gasteiger charge is -2.40. The fourth-order valence-electron chi connectivity index (χ4n) is 4.80. The molecule has 0 spiro atoms. The second-order valence-corrected chi connectivity index (χ2v) is 8.15. The lowest BCUT2D eigenvalue weighted by atomic mass is 9.68. The lowest BCUT2D eigenvalue weighted by molar-refractivity contribution is -0.114. The highest BCUT2D eigenvalue weighted by Crippen LogP contribution is 2.43. The number of carbonyl (C=O) groups excluding carboxylic acids is 2. The van der Waals surface area contributed by atoms with Crippen LogP contribution >= 0.6 is 0 Å². The van der Waals surface area contributed by atoms with Crippen LogP contribution in [0, 0.1) is 6.92 Å². The third-order valence-corrected chi connectivity index (χ3v) is 6.39. The summed E-state index contributed by atoms with van der Waals surface area (Å²) < 4.78 is 4.99. The van der Waals surface area contributed by atoms with E-state index in [1.807, 2.05) is 14.0 Å². The van der Waals surface area contributed by atoms with Crippen molar-refractivity contribution in [1.29, 1.82) is 0 Å². The maximum absolute atomic E-state index is 12.2. The Kier molecular flexibility index (Phi) is 6.60. The lowest BCUT2D eigenvalue weighted by Crippen LogP contribution is -2.44. The van der Waals surface area contributed by atoms with Crippen molar-refractivity contribution < 1.29 is 14.3 Å². The number of alkyl carbamates (subject to hydrolysis) is 1. The molecule has 1 aromatic carbocycles. The Morgan fingerprint density at radius 1 is 1.32 bits per heavy atom. The van der Waals surface area contributed by atoms with E-state index in [9.17, 15) is 9.59 Å². The van der Waals surface area contributed by atoms with Gasteiger partial charge in [0.1, 0.15) is 6.29 Å². The summed E-state index contributed by atoms with van der Waals surface area (Å²) in [7, 11) is 1.92. The molecule has 1 aliphatic heterocycles. The van der Waals surface area contributed by atoms with Gasteiger partial charge in [0.05, 0.1) is 12.0 Å². The Morgan fingerprint density at radius 3 is 2.71 bits per heavy atom. The molecule has 1 saturated carbocycles. The number of amides is 1. The van der Waals surface area contributed by atoms with Crippen molar-refractivity contribution in [2.24, 2.45) is 0 Å². The minimum atomic E-state index is -0.400. The predicted octanol–water partition coefficient (Wildman–Crippen LogP) is 3.24. The van der Waals surface area contributed by atoms with E-state index >= 15 is 0 Å². The molecule has 1 aromatic rings. The Balaban J connectivity index is 1.63. The van der Waals surface area contributed by atoms with Gasteiger partial charge in [0, 0.05) is 37.9 Å². The van der Waals surface area contributed by atoms with E-state index in [0.29, 0.717) is 12.6 Å². The number of hydrogen-bond acceptors (Lipinski definition) is 5. The average Bonchev–Trinajstić information content (AvgIpc) is 3.16. The number of carbonyl (C=O) groups is 2. The van der Waals surface area contributed by atoms with Crippen LogP contribution in [0.3, 0.4) is 0 Å². The summed E-state index contributed by atoms with van der Waals surface area (Å²) in [4.78, 5) is 26.3. The molecule has 1 amide bonds. The fraction of sp³-hybridized carbons (Fsp3) is 0.636. The van der Waals surface area contributed by atoms with Crippen LogP contribution in [0.2, 0.25) is 0 Å². The summed E-state index contributed by atoms with van der Waals surface area (Å²) in [6, 6.07) is 6.96. The molecule has 6 heteroatoms. The first-order valence-electron chi connectivity index (χ1n) is 10.4. The van der Waals surface area contributed by atoms with E-state index in [1.165, 1.54) is 11.8 Å². The van der Waals surface area contributed by atoms with Gasteiger partial charge in [0.2, 0.25) is 0 Å². The number of nitrogens with zero attached hydrogens (tertiary/aromatic N) is 1. The molecule has 2 N–H and O–H groups in total. The molecular weight excluding hydrogens is 354 g/mol. The van der Waals surface area contributed by atoms with Gasteiger partial charge in [0.15, 0.2) is 0 Å². The molecule has 0 bridgehead atoms. The van der Waals surface area contributed by atoms with Crippen molar-refractivity contribution in [1.82, 2.24) is 10.2 Å². The number of ether oxygens (including phenoxy) is 1. The van der Waals surface area contributed by atoms with Crippen LogP contribution in [-0.4, -0.2) is 56.1 Å². The van der Waals surface area contributed by atoms with Crippen LogP contribution in [0.4, 0.5) is 10.5 Å². The van der Waals surface area contributed by atoms with Crippen molar-refractivity contribution in [2.45, 2.75) is 63.5 Å². The van der Waals surface area contributed by atoms with Crippen LogP contribution < -0.4 is 10.6 Å². The monoisotopic (exact) mass is 387 g/mol. The van der Waals surface area contributed by atoms with Gasteiger partial charge >= 0.3 is 6.09 Å². The molecule has 154 valence electrons. The van der Waals surface area contributed by atoms with Crippen LogP contribution in [0.5, 0.6) is 0 Å². The zero-order chi connectivity index (χ0) is 20.1. The van der Waals surface area contributed by atoms with Crippen LogP contribution in [0.1, 0.15) is 50.2 Å². The predicted molar refractivity (Wildman–Crippen MR) is 111 cm³/mol. The average molecular weight is 388 g/mol. The molecule has 1 saturated heterocycles. The summed E-state index contributed by atoms with van der Waals surface area (Å²) in [6.45, 7) is 6.14. The largest absolute Gasteiger partial charge is 0.450 e. The number of nitrogens with one attached hydrogen (secondary N) is 2. The summed E-state index contributed by atoms with van der Waals surface area (Å²) in [6.07, 6.45) is 5.54. The fourth-order valence-corrected chi connectivity index (χ4v) is 4.80.